The van der Waals surface area contributed by atoms with Gasteiger partial charge in [-0.2, -0.15) is 4.99 Å². The van der Waals surface area contributed by atoms with Crippen LogP contribution in [0.3, 0.4) is 0 Å². The third-order valence-electron chi connectivity index (χ3n) is 3.36. The number of morpholine rings is 1. The van der Waals surface area contributed by atoms with Crippen LogP contribution in [0.4, 0.5) is 10.5 Å². The van der Waals surface area contributed by atoms with Gasteiger partial charge in [0.1, 0.15) is 6.67 Å². The fourth-order valence-corrected chi connectivity index (χ4v) is 2.15. The minimum absolute atomic E-state index is 0.131. The maximum atomic E-state index is 12.0. The number of hydrogen-bond acceptors (Lipinski definition) is 6. The lowest BCUT2D eigenvalue weighted by atomic mass is 10.1. The lowest BCUT2D eigenvalue weighted by Crippen LogP contribution is -2.38. The molecular formula is C15H18N4O4. The molecule has 1 aliphatic heterocycles. The number of nitrogens with zero attached hydrogens (tertiary/aromatic N) is 2. The van der Waals surface area contributed by atoms with E-state index >= 15 is 0 Å². The number of isocyanates is 1. The molecule has 1 fully saturated rings. The zero-order valence-electron chi connectivity index (χ0n) is 12.6. The molecule has 2 amide bonds. The van der Waals surface area contributed by atoms with E-state index in [1.54, 1.807) is 12.1 Å². The van der Waals surface area contributed by atoms with Crippen molar-refractivity contribution >= 4 is 23.6 Å². The molecule has 1 saturated heterocycles. The molecule has 2 rings (SSSR count). The Balaban J connectivity index is 1.82. The Labute approximate surface area is 133 Å². The highest BCUT2D eigenvalue weighted by Crippen LogP contribution is 2.16. The summed E-state index contributed by atoms with van der Waals surface area (Å²) in [6.07, 6.45) is 1.30. The molecular weight excluding hydrogens is 300 g/mol. The average Bonchev–Trinajstić information content (AvgIpc) is 2.61. The molecule has 1 heterocycles. The molecule has 0 bridgehead atoms. The highest BCUT2D eigenvalue weighted by atomic mass is 16.5. The van der Waals surface area contributed by atoms with E-state index in [1.165, 1.54) is 6.08 Å². The fraction of sp³-hybridized carbons (Fsp3) is 0.400. The summed E-state index contributed by atoms with van der Waals surface area (Å²) in [6, 6.07) is 6.68. The summed E-state index contributed by atoms with van der Waals surface area (Å²) < 4.78 is 5.30. The molecule has 0 aromatic heterocycles. The second-order valence-corrected chi connectivity index (χ2v) is 4.84. The van der Waals surface area contributed by atoms with E-state index in [1.807, 2.05) is 12.1 Å². The Morgan fingerprint density at radius 3 is 2.52 bits per heavy atom. The second kappa shape index (κ2) is 8.67. The molecule has 0 aliphatic carbocycles. The van der Waals surface area contributed by atoms with Crippen LogP contribution < -0.4 is 15.5 Å². The van der Waals surface area contributed by atoms with Gasteiger partial charge in [-0.15, -0.1) is 0 Å². The number of carbonyl (C=O) groups is 2. The summed E-state index contributed by atoms with van der Waals surface area (Å²) in [7, 11) is 0. The predicted octanol–water partition coefficient (Wildman–Crippen LogP) is 0.298. The molecule has 0 saturated carbocycles. The first-order valence-electron chi connectivity index (χ1n) is 7.22. The maximum Gasteiger partial charge on any atom is 0.316 e. The number of urea groups is 1. The van der Waals surface area contributed by atoms with Crippen LogP contribution in [-0.4, -0.2) is 57.4 Å². The normalized spacial score (nSPS) is 13.8. The van der Waals surface area contributed by atoms with Gasteiger partial charge >= 0.3 is 6.03 Å². The number of nitrogens with one attached hydrogen (secondary N) is 2. The van der Waals surface area contributed by atoms with Gasteiger partial charge in [0.05, 0.1) is 19.8 Å². The minimum atomic E-state index is -0.567. The molecule has 2 N–H and O–H groups in total. The Morgan fingerprint density at radius 1 is 1.17 bits per heavy atom. The summed E-state index contributed by atoms with van der Waals surface area (Å²) in [4.78, 5) is 38.6. The summed E-state index contributed by atoms with van der Waals surface area (Å²) in [5.74, 6) is -0.201. The van der Waals surface area contributed by atoms with E-state index in [0.717, 1.165) is 18.8 Å². The van der Waals surface area contributed by atoms with Gasteiger partial charge in [0.25, 0.3) is 0 Å². The third-order valence-corrected chi connectivity index (χ3v) is 3.36. The van der Waals surface area contributed by atoms with E-state index in [4.69, 9.17) is 4.74 Å². The quantitative estimate of drug-likeness (QED) is 0.446. The first-order chi connectivity index (χ1) is 11.2. The zero-order valence-corrected chi connectivity index (χ0v) is 12.6. The summed E-state index contributed by atoms with van der Waals surface area (Å²) >= 11 is 0. The van der Waals surface area contributed by atoms with Crippen molar-refractivity contribution in [2.24, 2.45) is 4.99 Å². The molecule has 1 aromatic carbocycles. The van der Waals surface area contributed by atoms with Gasteiger partial charge < -0.3 is 20.3 Å². The van der Waals surface area contributed by atoms with Crippen LogP contribution in [-0.2, 0) is 9.53 Å². The van der Waals surface area contributed by atoms with Gasteiger partial charge in [-0.25, -0.2) is 9.59 Å². The van der Waals surface area contributed by atoms with Gasteiger partial charge in [0.2, 0.25) is 6.08 Å². The summed E-state index contributed by atoms with van der Waals surface area (Å²) in [5.41, 5.74) is 1.57. The number of rotatable bonds is 6. The minimum Gasteiger partial charge on any atom is -0.378 e. The standard InChI is InChI=1S/C15H18N4O4/c20-11-16-10-18-15(22)17-9-14(21)12-1-3-13(4-2-12)19-5-7-23-8-6-19/h1-4H,5-10H2,(H2,17,18,22). The number of carbonyl (C=O) groups excluding carboxylic acids is 3. The van der Waals surface area contributed by atoms with E-state index in [-0.39, 0.29) is 19.0 Å². The Bertz CT molecular complexity index is 590. The lowest BCUT2D eigenvalue weighted by Gasteiger charge is -2.28. The zero-order chi connectivity index (χ0) is 16.5. The van der Waals surface area contributed by atoms with Crippen molar-refractivity contribution in [2.45, 2.75) is 0 Å². The van der Waals surface area contributed by atoms with E-state index < -0.39 is 6.03 Å². The van der Waals surface area contributed by atoms with Crippen LogP contribution in [0.2, 0.25) is 0 Å². The molecule has 8 heteroatoms. The smallest absolute Gasteiger partial charge is 0.316 e. The van der Waals surface area contributed by atoms with Crippen LogP contribution in [0.1, 0.15) is 10.4 Å². The number of amides is 2. The van der Waals surface area contributed by atoms with Gasteiger partial charge in [-0.3, -0.25) is 4.79 Å². The maximum absolute atomic E-state index is 12.0. The Morgan fingerprint density at radius 2 is 1.87 bits per heavy atom. The molecule has 0 atom stereocenters. The first kappa shape index (κ1) is 16.7. The second-order valence-electron chi connectivity index (χ2n) is 4.84. The molecule has 23 heavy (non-hydrogen) atoms. The predicted molar refractivity (Wildman–Crippen MR) is 83.3 cm³/mol. The number of benzene rings is 1. The van der Waals surface area contributed by atoms with Crippen molar-refractivity contribution in [3.05, 3.63) is 29.8 Å². The Kier molecular flexibility index (Phi) is 6.28. The van der Waals surface area contributed by atoms with Crippen molar-refractivity contribution < 1.29 is 19.1 Å². The lowest BCUT2D eigenvalue weighted by molar-refractivity contribution is 0.0992. The molecule has 122 valence electrons. The Hall–Kier alpha value is -2.70. The van der Waals surface area contributed by atoms with E-state index in [9.17, 15) is 14.4 Å². The van der Waals surface area contributed by atoms with Crippen LogP contribution in [0.15, 0.2) is 29.3 Å². The van der Waals surface area contributed by atoms with Crippen molar-refractivity contribution in [2.75, 3.05) is 44.4 Å². The van der Waals surface area contributed by atoms with Gasteiger partial charge in [-0.05, 0) is 24.3 Å². The van der Waals surface area contributed by atoms with Crippen molar-refractivity contribution in [1.82, 2.24) is 10.6 Å². The molecule has 0 spiro atoms. The first-order valence-corrected chi connectivity index (χ1v) is 7.22. The summed E-state index contributed by atoms with van der Waals surface area (Å²) in [5, 5.41) is 4.69. The number of ketones is 1. The van der Waals surface area contributed by atoms with Crippen LogP contribution in [0, 0.1) is 0 Å². The fourth-order valence-electron chi connectivity index (χ4n) is 2.15. The number of Topliss-reactive ketones (excluding diaryl/α,β-unsaturated/α-hetero) is 1. The summed E-state index contributed by atoms with van der Waals surface area (Å²) in [6.45, 7) is 2.77. The van der Waals surface area contributed by atoms with Crippen LogP contribution >= 0.6 is 0 Å². The van der Waals surface area contributed by atoms with Gasteiger partial charge in [0.15, 0.2) is 5.78 Å². The SMILES string of the molecule is O=C=NCNC(=O)NCC(=O)c1ccc(N2CCOCC2)cc1. The molecule has 1 aliphatic rings. The number of aliphatic imine (C=N–C) groups is 1. The van der Waals surface area contributed by atoms with Crippen molar-refractivity contribution in [3.8, 4) is 0 Å². The largest absolute Gasteiger partial charge is 0.378 e. The van der Waals surface area contributed by atoms with Crippen LogP contribution in [0.5, 0.6) is 0 Å². The number of ether oxygens (including phenoxy) is 1. The van der Waals surface area contributed by atoms with Gasteiger partial charge in [-0.1, -0.05) is 0 Å². The monoisotopic (exact) mass is 318 g/mol. The van der Waals surface area contributed by atoms with Gasteiger partial charge in [0, 0.05) is 24.3 Å². The third kappa shape index (κ3) is 5.21. The number of hydrogen-bond donors (Lipinski definition) is 2. The molecule has 0 unspecified atom stereocenters. The number of anilines is 1. The van der Waals surface area contributed by atoms with Crippen molar-refractivity contribution in [1.29, 1.82) is 0 Å². The molecule has 0 radical (unpaired) electrons. The topological polar surface area (TPSA) is 100 Å². The highest BCUT2D eigenvalue weighted by Gasteiger charge is 2.12. The average molecular weight is 318 g/mol. The molecule has 8 nitrogen and oxygen atoms in total. The highest BCUT2D eigenvalue weighted by molar-refractivity contribution is 5.99. The van der Waals surface area contributed by atoms with E-state index in [0.29, 0.717) is 18.8 Å². The molecule has 1 aromatic rings. The van der Waals surface area contributed by atoms with Crippen LogP contribution in [0.25, 0.3) is 0 Å². The van der Waals surface area contributed by atoms with Crippen molar-refractivity contribution in [3.63, 3.8) is 0 Å². The van der Waals surface area contributed by atoms with E-state index in [2.05, 4.69) is 20.5 Å².